The number of aliphatic hydroxyl groups is 1. The zero-order valence-electron chi connectivity index (χ0n) is 11.5. The smallest absolute Gasteiger partial charge is 0.148 e. The number of nitrogens with zero attached hydrogens (tertiary/aromatic N) is 3. The third kappa shape index (κ3) is 2.92. The topological polar surface area (TPSA) is 58.5 Å². The predicted octanol–water partition coefficient (Wildman–Crippen LogP) is 2.52. The van der Waals surface area contributed by atoms with Gasteiger partial charge in [-0.25, -0.2) is 4.98 Å². The quantitative estimate of drug-likeness (QED) is 0.918. The molecule has 2 unspecified atom stereocenters. The predicted molar refractivity (Wildman–Crippen MR) is 83.2 cm³/mol. The number of rotatable bonds is 2. The molecule has 1 aliphatic rings. The molecule has 1 N–H and O–H groups in total. The Balaban J connectivity index is 1.98. The SMILES string of the molecule is CC1COC(CO)CN1c1cnc2cc(Cl)c(Cl)cc2n1. The summed E-state index contributed by atoms with van der Waals surface area (Å²) in [6.45, 7) is 3.17. The molecule has 0 amide bonds. The molecule has 112 valence electrons. The number of morpholine rings is 1. The molecule has 1 aromatic carbocycles. The monoisotopic (exact) mass is 327 g/mol. The zero-order valence-corrected chi connectivity index (χ0v) is 13.0. The Morgan fingerprint density at radius 2 is 2.05 bits per heavy atom. The third-order valence-electron chi connectivity index (χ3n) is 3.58. The van der Waals surface area contributed by atoms with Crippen LogP contribution in [0.1, 0.15) is 6.92 Å². The van der Waals surface area contributed by atoms with Gasteiger partial charge in [0.2, 0.25) is 0 Å². The molecule has 0 saturated carbocycles. The normalized spacial score (nSPS) is 22.8. The number of aromatic nitrogens is 2. The van der Waals surface area contributed by atoms with Crippen molar-refractivity contribution in [2.45, 2.75) is 19.1 Å². The molecule has 1 saturated heterocycles. The first-order valence-electron chi connectivity index (χ1n) is 6.69. The van der Waals surface area contributed by atoms with Gasteiger partial charge in [-0.2, -0.15) is 0 Å². The van der Waals surface area contributed by atoms with Gasteiger partial charge in [0.15, 0.2) is 0 Å². The number of ether oxygens (including phenoxy) is 1. The molecule has 0 radical (unpaired) electrons. The maximum atomic E-state index is 9.26. The van der Waals surface area contributed by atoms with Crippen molar-refractivity contribution in [3.8, 4) is 0 Å². The lowest BCUT2D eigenvalue weighted by Crippen LogP contribution is -2.50. The molecular weight excluding hydrogens is 313 g/mol. The maximum absolute atomic E-state index is 9.26. The van der Waals surface area contributed by atoms with Crippen molar-refractivity contribution in [3.63, 3.8) is 0 Å². The Labute approximate surface area is 132 Å². The number of anilines is 1. The van der Waals surface area contributed by atoms with E-state index in [-0.39, 0.29) is 18.8 Å². The minimum absolute atomic E-state index is 0.00827. The van der Waals surface area contributed by atoms with E-state index in [4.69, 9.17) is 27.9 Å². The van der Waals surface area contributed by atoms with Crippen molar-refractivity contribution >= 4 is 40.1 Å². The van der Waals surface area contributed by atoms with Gasteiger partial charge < -0.3 is 14.7 Å². The van der Waals surface area contributed by atoms with E-state index in [1.165, 1.54) is 0 Å². The van der Waals surface area contributed by atoms with Crippen LogP contribution in [0.2, 0.25) is 10.0 Å². The van der Waals surface area contributed by atoms with Gasteiger partial charge in [-0.1, -0.05) is 23.2 Å². The molecule has 0 bridgehead atoms. The largest absolute Gasteiger partial charge is 0.394 e. The van der Waals surface area contributed by atoms with Crippen LogP contribution in [-0.4, -0.2) is 47.0 Å². The van der Waals surface area contributed by atoms with E-state index in [0.29, 0.717) is 34.2 Å². The fourth-order valence-electron chi connectivity index (χ4n) is 2.38. The highest BCUT2D eigenvalue weighted by Gasteiger charge is 2.27. The second-order valence-corrected chi connectivity index (χ2v) is 5.94. The Hall–Kier alpha value is -1.14. The van der Waals surface area contributed by atoms with Gasteiger partial charge in [0.25, 0.3) is 0 Å². The number of aliphatic hydroxyl groups excluding tert-OH is 1. The summed E-state index contributed by atoms with van der Waals surface area (Å²) in [6, 6.07) is 3.59. The van der Waals surface area contributed by atoms with Crippen molar-refractivity contribution in [3.05, 3.63) is 28.4 Å². The molecule has 1 fully saturated rings. The van der Waals surface area contributed by atoms with Crippen LogP contribution in [0, 0.1) is 0 Å². The molecule has 7 heteroatoms. The van der Waals surface area contributed by atoms with E-state index in [0.717, 1.165) is 5.82 Å². The summed E-state index contributed by atoms with van der Waals surface area (Å²) in [5, 5.41) is 10.2. The van der Waals surface area contributed by atoms with Crippen LogP contribution < -0.4 is 4.90 Å². The Morgan fingerprint density at radius 3 is 2.76 bits per heavy atom. The molecule has 0 spiro atoms. The second-order valence-electron chi connectivity index (χ2n) is 5.12. The molecule has 2 aromatic rings. The Morgan fingerprint density at radius 1 is 1.33 bits per heavy atom. The first kappa shape index (κ1) is 14.8. The molecule has 2 heterocycles. The van der Waals surface area contributed by atoms with E-state index < -0.39 is 0 Å². The fourth-order valence-corrected chi connectivity index (χ4v) is 2.70. The highest BCUT2D eigenvalue weighted by Crippen LogP contribution is 2.28. The fraction of sp³-hybridized carbons (Fsp3) is 0.429. The number of benzene rings is 1. The summed E-state index contributed by atoms with van der Waals surface area (Å²) in [6.07, 6.45) is 1.51. The molecule has 1 aromatic heterocycles. The minimum Gasteiger partial charge on any atom is -0.394 e. The van der Waals surface area contributed by atoms with Crippen molar-refractivity contribution in [1.82, 2.24) is 9.97 Å². The Kier molecular flexibility index (Phi) is 4.17. The second kappa shape index (κ2) is 5.93. The van der Waals surface area contributed by atoms with Gasteiger partial charge in [0, 0.05) is 6.54 Å². The van der Waals surface area contributed by atoms with Crippen LogP contribution in [0.4, 0.5) is 5.82 Å². The van der Waals surface area contributed by atoms with Gasteiger partial charge >= 0.3 is 0 Å². The summed E-state index contributed by atoms with van der Waals surface area (Å²) in [5.74, 6) is 0.745. The van der Waals surface area contributed by atoms with Crippen LogP contribution in [0.5, 0.6) is 0 Å². The average molecular weight is 328 g/mol. The summed E-state index contributed by atoms with van der Waals surface area (Å²) in [5.41, 5.74) is 1.40. The van der Waals surface area contributed by atoms with Crippen molar-refractivity contribution in [2.75, 3.05) is 24.7 Å². The van der Waals surface area contributed by atoms with E-state index in [2.05, 4.69) is 14.9 Å². The minimum atomic E-state index is -0.201. The lowest BCUT2D eigenvalue weighted by Gasteiger charge is -2.38. The molecular formula is C14H15Cl2N3O2. The van der Waals surface area contributed by atoms with Crippen molar-refractivity contribution in [2.24, 2.45) is 0 Å². The molecule has 3 rings (SSSR count). The highest BCUT2D eigenvalue weighted by molar-refractivity contribution is 6.42. The lowest BCUT2D eigenvalue weighted by atomic mass is 10.2. The number of hydrogen-bond acceptors (Lipinski definition) is 5. The number of fused-ring (bicyclic) bond motifs is 1. The van der Waals surface area contributed by atoms with E-state index in [9.17, 15) is 5.11 Å². The lowest BCUT2D eigenvalue weighted by molar-refractivity contribution is -0.0105. The van der Waals surface area contributed by atoms with Crippen molar-refractivity contribution in [1.29, 1.82) is 0 Å². The van der Waals surface area contributed by atoms with Crippen LogP contribution in [-0.2, 0) is 4.74 Å². The first-order valence-corrected chi connectivity index (χ1v) is 7.45. The van der Waals surface area contributed by atoms with Gasteiger partial charge in [-0.15, -0.1) is 0 Å². The molecule has 21 heavy (non-hydrogen) atoms. The average Bonchev–Trinajstić information content (AvgIpc) is 2.48. The van der Waals surface area contributed by atoms with Gasteiger partial charge in [0.05, 0.1) is 52.6 Å². The standard InChI is InChI=1S/C14H15Cl2N3O2/c1-8-7-21-9(6-20)5-19(8)14-4-17-12-2-10(15)11(16)3-13(12)18-14/h2-4,8-9,20H,5-7H2,1H3. The van der Waals surface area contributed by atoms with Crippen LogP contribution in [0.3, 0.4) is 0 Å². The van der Waals surface area contributed by atoms with Gasteiger partial charge in [0.1, 0.15) is 5.82 Å². The molecule has 2 atom stereocenters. The number of hydrogen-bond donors (Lipinski definition) is 1. The van der Waals surface area contributed by atoms with E-state index in [1.807, 2.05) is 6.92 Å². The summed E-state index contributed by atoms with van der Waals surface area (Å²) in [4.78, 5) is 11.1. The van der Waals surface area contributed by atoms with Crippen LogP contribution >= 0.6 is 23.2 Å². The zero-order chi connectivity index (χ0) is 15.0. The van der Waals surface area contributed by atoms with Gasteiger partial charge in [-0.05, 0) is 19.1 Å². The number of halogens is 2. The molecule has 5 nitrogen and oxygen atoms in total. The molecule has 1 aliphatic heterocycles. The van der Waals surface area contributed by atoms with Crippen molar-refractivity contribution < 1.29 is 9.84 Å². The molecule has 0 aliphatic carbocycles. The third-order valence-corrected chi connectivity index (χ3v) is 4.30. The first-order chi connectivity index (χ1) is 10.1. The maximum Gasteiger partial charge on any atom is 0.148 e. The Bertz CT molecular complexity index is 668. The highest BCUT2D eigenvalue weighted by atomic mass is 35.5. The summed E-state index contributed by atoms with van der Waals surface area (Å²) in [7, 11) is 0. The van der Waals surface area contributed by atoms with Crippen LogP contribution in [0.15, 0.2) is 18.3 Å². The summed E-state index contributed by atoms with van der Waals surface area (Å²) < 4.78 is 5.54. The van der Waals surface area contributed by atoms with Gasteiger partial charge in [-0.3, -0.25) is 4.98 Å². The van der Waals surface area contributed by atoms with E-state index >= 15 is 0 Å². The van der Waals surface area contributed by atoms with Crippen LogP contribution in [0.25, 0.3) is 11.0 Å². The summed E-state index contributed by atoms with van der Waals surface area (Å²) >= 11 is 12.0. The van der Waals surface area contributed by atoms with E-state index in [1.54, 1.807) is 18.3 Å².